The molecule has 5 heterocycles. The molecule has 0 radical (unpaired) electrons. The van der Waals surface area contributed by atoms with Crippen LogP contribution in [-0.2, 0) is 0 Å². The van der Waals surface area contributed by atoms with E-state index < -0.39 is 0 Å². The summed E-state index contributed by atoms with van der Waals surface area (Å²) in [5.74, 6) is 2.59. The number of anilines is 2. The predicted octanol–water partition coefficient (Wildman–Crippen LogP) is 1.57. The standard InChI is InChI=1S/C18H19N9/c1-13-5-7-27(24-13)16-3-2-15(22-23-16)25-8-10-26(11-9-25)18-14-4-6-19-17(14)20-12-21-18/h2-7,12H,8-11H2,1H3,(H,19,20,21). The third-order valence-electron chi connectivity index (χ3n) is 4.83. The third kappa shape index (κ3) is 2.86. The number of nitrogens with one attached hydrogen (secondary N) is 1. The first-order valence-corrected chi connectivity index (χ1v) is 8.92. The van der Waals surface area contributed by atoms with E-state index in [1.807, 2.05) is 43.6 Å². The first-order chi connectivity index (χ1) is 13.3. The summed E-state index contributed by atoms with van der Waals surface area (Å²) >= 11 is 0. The number of aromatic amines is 1. The zero-order valence-corrected chi connectivity index (χ0v) is 14.9. The maximum absolute atomic E-state index is 4.49. The Bertz CT molecular complexity index is 1060. The molecule has 0 atom stereocenters. The Morgan fingerprint density at radius 1 is 0.889 bits per heavy atom. The lowest BCUT2D eigenvalue weighted by Crippen LogP contribution is -2.47. The molecule has 1 saturated heterocycles. The van der Waals surface area contributed by atoms with Gasteiger partial charge in [0.05, 0.1) is 11.1 Å². The molecule has 27 heavy (non-hydrogen) atoms. The van der Waals surface area contributed by atoms with Gasteiger partial charge in [0.15, 0.2) is 11.6 Å². The van der Waals surface area contributed by atoms with Crippen LogP contribution < -0.4 is 9.80 Å². The van der Waals surface area contributed by atoms with Crippen LogP contribution >= 0.6 is 0 Å². The number of hydrogen-bond acceptors (Lipinski definition) is 7. The second-order valence-electron chi connectivity index (χ2n) is 6.56. The number of aryl methyl sites for hydroxylation is 1. The second kappa shape index (κ2) is 6.35. The van der Waals surface area contributed by atoms with Crippen molar-refractivity contribution in [3.63, 3.8) is 0 Å². The molecule has 0 aliphatic carbocycles. The van der Waals surface area contributed by atoms with Gasteiger partial charge >= 0.3 is 0 Å². The molecule has 0 saturated carbocycles. The Morgan fingerprint density at radius 3 is 2.41 bits per heavy atom. The minimum atomic E-state index is 0.723. The van der Waals surface area contributed by atoms with Crippen molar-refractivity contribution in [1.29, 1.82) is 0 Å². The monoisotopic (exact) mass is 361 g/mol. The number of nitrogens with zero attached hydrogens (tertiary/aromatic N) is 8. The normalized spacial score (nSPS) is 14.9. The van der Waals surface area contributed by atoms with Gasteiger partial charge in [-0.1, -0.05) is 0 Å². The van der Waals surface area contributed by atoms with Gasteiger partial charge in [0.2, 0.25) is 0 Å². The van der Waals surface area contributed by atoms with E-state index in [4.69, 9.17) is 0 Å². The zero-order chi connectivity index (χ0) is 18.2. The molecule has 1 N–H and O–H groups in total. The van der Waals surface area contributed by atoms with Gasteiger partial charge < -0.3 is 14.8 Å². The van der Waals surface area contributed by atoms with Crippen LogP contribution in [0.4, 0.5) is 11.6 Å². The SMILES string of the molecule is Cc1ccn(-c2ccc(N3CCN(c4ncnc5[nH]ccc45)CC3)nn2)n1. The Labute approximate surface area is 155 Å². The van der Waals surface area contributed by atoms with Crippen LogP contribution in [0.2, 0.25) is 0 Å². The minimum absolute atomic E-state index is 0.723. The van der Waals surface area contributed by atoms with Crippen LogP contribution in [0.15, 0.2) is 43.0 Å². The van der Waals surface area contributed by atoms with E-state index in [-0.39, 0.29) is 0 Å². The topological polar surface area (TPSA) is 91.7 Å². The molecule has 0 unspecified atom stereocenters. The molecule has 0 bridgehead atoms. The van der Waals surface area contributed by atoms with Crippen LogP contribution in [-0.4, -0.2) is 61.1 Å². The van der Waals surface area contributed by atoms with E-state index in [9.17, 15) is 0 Å². The molecule has 9 heteroatoms. The number of aromatic nitrogens is 7. The van der Waals surface area contributed by atoms with Crippen molar-refractivity contribution in [2.45, 2.75) is 6.92 Å². The van der Waals surface area contributed by atoms with Gasteiger partial charge in [-0.25, -0.2) is 14.6 Å². The Morgan fingerprint density at radius 2 is 1.67 bits per heavy atom. The first kappa shape index (κ1) is 15.7. The molecule has 9 nitrogen and oxygen atoms in total. The highest BCUT2D eigenvalue weighted by Gasteiger charge is 2.21. The lowest BCUT2D eigenvalue weighted by atomic mass is 10.2. The van der Waals surface area contributed by atoms with E-state index >= 15 is 0 Å². The van der Waals surface area contributed by atoms with Crippen molar-refractivity contribution in [2.75, 3.05) is 36.0 Å². The fourth-order valence-electron chi connectivity index (χ4n) is 3.41. The quantitative estimate of drug-likeness (QED) is 0.592. The van der Waals surface area contributed by atoms with Crippen LogP contribution in [0.5, 0.6) is 0 Å². The van der Waals surface area contributed by atoms with Crippen LogP contribution in [0.1, 0.15) is 5.69 Å². The van der Waals surface area contributed by atoms with Crippen molar-refractivity contribution >= 4 is 22.7 Å². The molecule has 4 aromatic rings. The van der Waals surface area contributed by atoms with Gasteiger partial charge in [0, 0.05) is 38.6 Å². The highest BCUT2D eigenvalue weighted by atomic mass is 15.4. The molecule has 5 rings (SSSR count). The Balaban J connectivity index is 1.30. The van der Waals surface area contributed by atoms with Gasteiger partial charge in [-0.2, -0.15) is 5.10 Å². The number of piperazine rings is 1. The Kier molecular flexibility index (Phi) is 3.70. The molecule has 1 fully saturated rings. The summed E-state index contributed by atoms with van der Waals surface area (Å²) in [7, 11) is 0. The number of H-pyrrole nitrogens is 1. The van der Waals surface area contributed by atoms with Crippen molar-refractivity contribution in [1.82, 2.24) is 34.9 Å². The van der Waals surface area contributed by atoms with Crippen molar-refractivity contribution in [3.8, 4) is 5.82 Å². The summed E-state index contributed by atoms with van der Waals surface area (Å²) in [6.45, 7) is 5.43. The Hall–Kier alpha value is -3.49. The summed E-state index contributed by atoms with van der Waals surface area (Å²) < 4.78 is 1.74. The average molecular weight is 361 g/mol. The van der Waals surface area contributed by atoms with Gasteiger partial charge in [-0.05, 0) is 31.2 Å². The van der Waals surface area contributed by atoms with Crippen molar-refractivity contribution in [3.05, 3.63) is 48.7 Å². The fraction of sp³-hybridized carbons (Fsp3) is 0.278. The lowest BCUT2D eigenvalue weighted by Gasteiger charge is -2.35. The number of rotatable bonds is 3. The molecule has 1 aliphatic heterocycles. The summed E-state index contributed by atoms with van der Waals surface area (Å²) in [6.07, 6.45) is 5.40. The summed E-state index contributed by atoms with van der Waals surface area (Å²) in [5.41, 5.74) is 1.83. The van der Waals surface area contributed by atoms with Crippen LogP contribution in [0.3, 0.4) is 0 Å². The molecular weight excluding hydrogens is 342 g/mol. The lowest BCUT2D eigenvalue weighted by molar-refractivity contribution is 0.638. The van der Waals surface area contributed by atoms with Gasteiger partial charge in [-0.3, -0.25) is 0 Å². The second-order valence-corrected chi connectivity index (χ2v) is 6.56. The van der Waals surface area contributed by atoms with E-state index in [0.717, 1.165) is 60.4 Å². The average Bonchev–Trinajstić information content (AvgIpc) is 3.37. The maximum Gasteiger partial charge on any atom is 0.175 e. The smallest absolute Gasteiger partial charge is 0.175 e. The first-order valence-electron chi connectivity index (χ1n) is 8.92. The molecule has 0 amide bonds. The summed E-state index contributed by atoms with van der Waals surface area (Å²) in [4.78, 5) is 16.4. The van der Waals surface area contributed by atoms with E-state index in [0.29, 0.717) is 0 Å². The van der Waals surface area contributed by atoms with Crippen LogP contribution in [0.25, 0.3) is 16.9 Å². The zero-order valence-electron chi connectivity index (χ0n) is 14.9. The number of hydrogen-bond donors (Lipinski definition) is 1. The molecular formula is C18H19N9. The van der Waals surface area contributed by atoms with Crippen LogP contribution in [0, 0.1) is 6.92 Å². The minimum Gasteiger partial charge on any atom is -0.352 e. The predicted molar refractivity (Wildman–Crippen MR) is 102 cm³/mol. The molecule has 136 valence electrons. The van der Waals surface area contributed by atoms with E-state index in [1.165, 1.54) is 0 Å². The summed E-state index contributed by atoms with van der Waals surface area (Å²) in [6, 6.07) is 7.93. The maximum atomic E-state index is 4.49. The van der Waals surface area contributed by atoms with Gasteiger partial charge in [0.25, 0.3) is 0 Å². The van der Waals surface area contributed by atoms with E-state index in [2.05, 4.69) is 40.0 Å². The molecule has 0 spiro atoms. The highest BCUT2D eigenvalue weighted by molar-refractivity contribution is 5.87. The molecule has 0 aromatic carbocycles. The van der Waals surface area contributed by atoms with E-state index in [1.54, 1.807) is 11.0 Å². The third-order valence-corrected chi connectivity index (χ3v) is 4.83. The van der Waals surface area contributed by atoms with Crippen molar-refractivity contribution in [2.24, 2.45) is 0 Å². The largest absolute Gasteiger partial charge is 0.352 e. The van der Waals surface area contributed by atoms with Gasteiger partial charge in [0.1, 0.15) is 17.8 Å². The molecule has 1 aliphatic rings. The highest BCUT2D eigenvalue weighted by Crippen LogP contribution is 2.24. The van der Waals surface area contributed by atoms with Gasteiger partial charge in [-0.15, -0.1) is 10.2 Å². The summed E-state index contributed by atoms with van der Waals surface area (Å²) in [5, 5.41) is 14.1. The molecule has 4 aromatic heterocycles. The fourth-order valence-corrected chi connectivity index (χ4v) is 3.41. The van der Waals surface area contributed by atoms with Crippen molar-refractivity contribution < 1.29 is 0 Å². The number of fused-ring (bicyclic) bond motifs is 1.